The van der Waals surface area contributed by atoms with Crippen LogP contribution in [0.25, 0.3) is 0 Å². The standard InChI is InChI=1S/C14H21F2NO/c1-3-5-18-6-4-14(17-2)9-11-7-12(15)10-13(16)8-11/h7-8,10,14,17H,3-6,9H2,1-2H3. The largest absolute Gasteiger partial charge is 0.381 e. The predicted octanol–water partition coefficient (Wildman–Crippen LogP) is 2.91. The second-order valence-electron chi connectivity index (χ2n) is 4.37. The van der Waals surface area contributed by atoms with E-state index in [2.05, 4.69) is 12.2 Å². The number of ether oxygens (including phenoxy) is 1. The van der Waals surface area contributed by atoms with Crippen molar-refractivity contribution in [3.8, 4) is 0 Å². The molecule has 1 N–H and O–H groups in total. The van der Waals surface area contributed by atoms with E-state index in [1.165, 1.54) is 12.1 Å². The Morgan fingerprint density at radius 1 is 1.17 bits per heavy atom. The monoisotopic (exact) mass is 257 g/mol. The van der Waals surface area contributed by atoms with E-state index in [4.69, 9.17) is 4.74 Å². The van der Waals surface area contributed by atoms with Crippen LogP contribution in [0.15, 0.2) is 18.2 Å². The van der Waals surface area contributed by atoms with Gasteiger partial charge in [-0.2, -0.15) is 0 Å². The molecule has 0 spiro atoms. The van der Waals surface area contributed by atoms with Gasteiger partial charge >= 0.3 is 0 Å². The summed E-state index contributed by atoms with van der Waals surface area (Å²) in [5, 5.41) is 3.14. The minimum absolute atomic E-state index is 0.169. The van der Waals surface area contributed by atoms with Crippen LogP contribution >= 0.6 is 0 Å². The molecule has 1 atom stereocenters. The molecule has 102 valence electrons. The van der Waals surface area contributed by atoms with E-state index in [1.807, 2.05) is 7.05 Å². The Morgan fingerprint density at radius 2 is 1.83 bits per heavy atom. The van der Waals surface area contributed by atoms with E-state index in [-0.39, 0.29) is 6.04 Å². The lowest BCUT2D eigenvalue weighted by Gasteiger charge is -2.16. The number of benzene rings is 1. The molecule has 0 saturated carbocycles. The molecule has 0 aliphatic rings. The van der Waals surface area contributed by atoms with Crippen LogP contribution in [0.5, 0.6) is 0 Å². The Labute approximate surface area is 107 Å². The van der Waals surface area contributed by atoms with Crippen LogP contribution < -0.4 is 5.32 Å². The van der Waals surface area contributed by atoms with Gasteiger partial charge in [-0.05, 0) is 44.0 Å². The molecular weight excluding hydrogens is 236 g/mol. The highest BCUT2D eigenvalue weighted by molar-refractivity contribution is 5.18. The first-order chi connectivity index (χ1) is 8.65. The number of hydrogen-bond acceptors (Lipinski definition) is 2. The fourth-order valence-corrected chi connectivity index (χ4v) is 1.83. The van der Waals surface area contributed by atoms with Crippen molar-refractivity contribution >= 4 is 0 Å². The zero-order chi connectivity index (χ0) is 13.4. The normalized spacial score (nSPS) is 12.7. The zero-order valence-corrected chi connectivity index (χ0v) is 11.0. The van der Waals surface area contributed by atoms with Gasteiger partial charge in [0.15, 0.2) is 0 Å². The minimum atomic E-state index is -0.526. The number of rotatable bonds is 8. The van der Waals surface area contributed by atoms with E-state index >= 15 is 0 Å². The molecule has 1 unspecified atom stereocenters. The lowest BCUT2D eigenvalue weighted by Crippen LogP contribution is -2.29. The summed E-state index contributed by atoms with van der Waals surface area (Å²) < 4.78 is 31.5. The van der Waals surface area contributed by atoms with Gasteiger partial charge in [0, 0.05) is 25.3 Å². The number of hydrogen-bond donors (Lipinski definition) is 1. The molecular formula is C14H21F2NO. The highest BCUT2D eigenvalue weighted by Gasteiger charge is 2.09. The summed E-state index contributed by atoms with van der Waals surface area (Å²) >= 11 is 0. The molecule has 18 heavy (non-hydrogen) atoms. The molecule has 0 bridgehead atoms. The molecule has 1 aromatic carbocycles. The third kappa shape index (κ3) is 5.56. The molecule has 0 heterocycles. The fourth-order valence-electron chi connectivity index (χ4n) is 1.83. The van der Waals surface area contributed by atoms with Gasteiger partial charge in [-0.3, -0.25) is 0 Å². The van der Waals surface area contributed by atoms with Crippen LogP contribution in [0, 0.1) is 11.6 Å². The first-order valence-electron chi connectivity index (χ1n) is 6.35. The fraction of sp³-hybridized carbons (Fsp3) is 0.571. The van der Waals surface area contributed by atoms with Crippen LogP contribution in [0.4, 0.5) is 8.78 Å². The van der Waals surface area contributed by atoms with Crippen LogP contribution in [0.3, 0.4) is 0 Å². The molecule has 0 aromatic heterocycles. The summed E-state index contributed by atoms with van der Waals surface area (Å²) in [4.78, 5) is 0. The van der Waals surface area contributed by atoms with Gasteiger partial charge in [-0.25, -0.2) is 8.78 Å². The maximum atomic E-state index is 13.0. The highest BCUT2D eigenvalue weighted by atomic mass is 19.1. The Balaban J connectivity index is 2.46. The average molecular weight is 257 g/mol. The maximum absolute atomic E-state index is 13.0. The number of halogens is 2. The van der Waals surface area contributed by atoms with Crippen molar-refractivity contribution in [1.82, 2.24) is 5.32 Å². The SMILES string of the molecule is CCCOCCC(Cc1cc(F)cc(F)c1)NC. The molecule has 1 rings (SSSR count). The Morgan fingerprint density at radius 3 is 2.39 bits per heavy atom. The first-order valence-corrected chi connectivity index (χ1v) is 6.35. The molecule has 4 heteroatoms. The average Bonchev–Trinajstić information content (AvgIpc) is 2.32. The number of likely N-dealkylation sites (N-methyl/N-ethyl adjacent to an activating group) is 1. The van der Waals surface area contributed by atoms with Crippen LogP contribution in [0.1, 0.15) is 25.3 Å². The zero-order valence-electron chi connectivity index (χ0n) is 11.0. The van der Waals surface area contributed by atoms with Crippen molar-refractivity contribution in [1.29, 1.82) is 0 Å². The van der Waals surface area contributed by atoms with Gasteiger partial charge in [-0.15, -0.1) is 0 Å². The van der Waals surface area contributed by atoms with E-state index in [0.29, 0.717) is 18.6 Å². The smallest absolute Gasteiger partial charge is 0.126 e. The van der Waals surface area contributed by atoms with Crippen LogP contribution in [-0.4, -0.2) is 26.3 Å². The van der Waals surface area contributed by atoms with Gasteiger partial charge in [-0.1, -0.05) is 6.92 Å². The van der Waals surface area contributed by atoms with Gasteiger partial charge in [0.2, 0.25) is 0 Å². The molecule has 0 aliphatic heterocycles. The molecule has 1 aromatic rings. The van der Waals surface area contributed by atoms with E-state index in [1.54, 1.807) is 0 Å². The van der Waals surface area contributed by atoms with Crippen molar-refractivity contribution < 1.29 is 13.5 Å². The van der Waals surface area contributed by atoms with E-state index in [9.17, 15) is 8.78 Å². The maximum Gasteiger partial charge on any atom is 0.126 e. The van der Waals surface area contributed by atoms with Gasteiger partial charge in [0.25, 0.3) is 0 Å². The Hall–Kier alpha value is -1.00. The molecule has 0 fully saturated rings. The quantitative estimate of drug-likeness (QED) is 0.723. The van der Waals surface area contributed by atoms with Gasteiger partial charge < -0.3 is 10.1 Å². The van der Waals surface area contributed by atoms with Gasteiger partial charge in [0.1, 0.15) is 11.6 Å². The second kappa shape index (κ2) is 8.16. The third-order valence-electron chi connectivity index (χ3n) is 2.77. The van der Waals surface area contributed by atoms with E-state index < -0.39 is 11.6 Å². The molecule has 0 aliphatic carbocycles. The first kappa shape index (κ1) is 15.1. The van der Waals surface area contributed by atoms with Crippen LogP contribution in [0.2, 0.25) is 0 Å². The van der Waals surface area contributed by atoms with Crippen molar-refractivity contribution in [2.24, 2.45) is 0 Å². The highest BCUT2D eigenvalue weighted by Crippen LogP contribution is 2.11. The van der Waals surface area contributed by atoms with Crippen LogP contribution in [-0.2, 0) is 11.2 Å². The summed E-state index contributed by atoms with van der Waals surface area (Å²) in [6.45, 7) is 3.48. The minimum Gasteiger partial charge on any atom is -0.381 e. The summed E-state index contributed by atoms with van der Waals surface area (Å²) in [6, 6.07) is 3.81. The number of nitrogens with one attached hydrogen (secondary N) is 1. The summed E-state index contributed by atoms with van der Waals surface area (Å²) in [5.41, 5.74) is 0.669. The lowest BCUT2D eigenvalue weighted by atomic mass is 10.0. The summed E-state index contributed by atoms with van der Waals surface area (Å²) in [5.74, 6) is -1.05. The summed E-state index contributed by atoms with van der Waals surface area (Å²) in [7, 11) is 1.85. The molecule has 0 amide bonds. The molecule has 0 radical (unpaired) electrons. The Kier molecular flexibility index (Phi) is 6.83. The van der Waals surface area contributed by atoms with Crippen molar-refractivity contribution in [3.05, 3.63) is 35.4 Å². The molecule has 0 saturated heterocycles. The topological polar surface area (TPSA) is 21.3 Å². The third-order valence-corrected chi connectivity index (χ3v) is 2.77. The molecule has 2 nitrogen and oxygen atoms in total. The van der Waals surface area contributed by atoms with Gasteiger partial charge in [0.05, 0.1) is 0 Å². The lowest BCUT2D eigenvalue weighted by molar-refractivity contribution is 0.125. The predicted molar refractivity (Wildman–Crippen MR) is 68.6 cm³/mol. The van der Waals surface area contributed by atoms with Crippen molar-refractivity contribution in [2.45, 2.75) is 32.2 Å². The Bertz CT molecular complexity index is 337. The van der Waals surface area contributed by atoms with E-state index in [0.717, 1.165) is 25.5 Å². The van der Waals surface area contributed by atoms with Crippen molar-refractivity contribution in [3.63, 3.8) is 0 Å². The summed E-state index contributed by atoms with van der Waals surface area (Å²) in [6.07, 6.45) is 2.43. The second-order valence-corrected chi connectivity index (χ2v) is 4.37. The van der Waals surface area contributed by atoms with Crippen molar-refractivity contribution in [2.75, 3.05) is 20.3 Å².